The Morgan fingerprint density at radius 3 is 2.48 bits per heavy atom. The van der Waals surface area contributed by atoms with Crippen LogP contribution in [0.15, 0.2) is 54.7 Å². The molecule has 0 unspecified atom stereocenters. The quantitative estimate of drug-likeness (QED) is 0.517. The average Bonchev–Trinajstić information content (AvgIpc) is 3.35. The molecular formula is C20H19N5O5S. The van der Waals surface area contributed by atoms with E-state index in [1.165, 1.54) is 21.3 Å². The van der Waals surface area contributed by atoms with Gasteiger partial charge in [-0.1, -0.05) is 18.2 Å². The highest BCUT2D eigenvalue weighted by molar-refractivity contribution is 7.92. The van der Waals surface area contributed by atoms with Gasteiger partial charge in [-0.2, -0.15) is 5.10 Å². The number of nitrogens with zero attached hydrogens (tertiary/aromatic N) is 3. The van der Waals surface area contributed by atoms with Gasteiger partial charge in [0.1, 0.15) is 0 Å². The molecule has 3 N–H and O–H groups in total. The molecule has 0 fully saturated rings. The van der Waals surface area contributed by atoms with Crippen LogP contribution in [-0.2, 0) is 16.4 Å². The molecule has 0 radical (unpaired) electrons. The zero-order valence-corrected chi connectivity index (χ0v) is 17.3. The smallest absolute Gasteiger partial charge is 0.294 e. The first-order valence-electron chi connectivity index (χ1n) is 9.29. The number of carbonyl (C=O) groups is 2. The molecule has 1 aromatic heterocycles. The first-order valence-corrected chi connectivity index (χ1v) is 11.1. The third-order valence-corrected chi connectivity index (χ3v) is 6.00. The predicted octanol–water partition coefficient (Wildman–Crippen LogP) is 0.975. The van der Waals surface area contributed by atoms with Crippen LogP contribution in [-0.4, -0.2) is 47.9 Å². The zero-order valence-electron chi connectivity index (χ0n) is 16.4. The van der Waals surface area contributed by atoms with Gasteiger partial charge in [0.2, 0.25) is 10.0 Å². The van der Waals surface area contributed by atoms with Gasteiger partial charge in [0.25, 0.3) is 11.8 Å². The first-order chi connectivity index (χ1) is 14.7. The molecule has 0 atom stereocenters. The lowest BCUT2D eigenvalue weighted by molar-refractivity contribution is 0.0842. The van der Waals surface area contributed by atoms with Gasteiger partial charge in [-0.05, 0) is 42.3 Å². The maximum Gasteiger partial charge on any atom is 0.294 e. The molecule has 2 heterocycles. The van der Waals surface area contributed by atoms with Gasteiger partial charge >= 0.3 is 0 Å². The minimum atomic E-state index is -3.38. The number of nitrogens with one attached hydrogen (secondary N) is 2. The number of hydrazine groups is 1. The van der Waals surface area contributed by atoms with Crippen molar-refractivity contribution in [2.75, 3.05) is 17.1 Å². The molecule has 160 valence electrons. The van der Waals surface area contributed by atoms with Gasteiger partial charge in [-0.15, -0.1) is 0 Å². The molecule has 1 aliphatic rings. The predicted molar refractivity (Wildman–Crippen MR) is 112 cm³/mol. The maximum absolute atomic E-state index is 12.4. The van der Waals surface area contributed by atoms with E-state index in [0.29, 0.717) is 24.3 Å². The van der Waals surface area contributed by atoms with E-state index in [2.05, 4.69) is 16.0 Å². The number of para-hydroxylation sites is 1. The van der Waals surface area contributed by atoms with Gasteiger partial charge in [-0.25, -0.2) is 13.1 Å². The van der Waals surface area contributed by atoms with E-state index in [1.807, 2.05) is 6.07 Å². The second kappa shape index (κ2) is 7.76. The lowest BCUT2D eigenvalue weighted by atomic mass is 10.1. The fourth-order valence-electron chi connectivity index (χ4n) is 3.34. The number of carbonyl (C=O) groups excluding carboxylic acids is 2. The Labute approximate surface area is 178 Å². The molecule has 3 aromatic rings. The fraction of sp³-hybridized carbons (Fsp3) is 0.150. The number of hydrogen-bond acceptors (Lipinski definition) is 6. The molecule has 0 aliphatic carbocycles. The van der Waals surface area contributed by atoms with Crippen molar-refractivity contribution in [3.05, 3.63) is 71.5 Å². The molecule has 1 aliphatic heterocycles. The SMILES string of the molecule is CS(=O)(=O)N1CCc2cc(C(=O)NNC(=O)c3nn(-c4ccccc4)cc3O)ccc21. The summed E-state index contributed by atoms with van der Waals surface area (Å²) in [5, 5.41) is 14.1. The molecule has 2 amide bonds. The average molecular weight is 441 g/mol. The van der Waals surface area contributed by atoms with Crippen molar-refractivity contribution >= 4 is 27.5 Å². The number of aromatic hydroxyl groups is 1. The summed E-state index contributed by atoms with van der Waals surface area (Å²) in [7, 11) is -3.38. The lowest BCUT2D eigenvalue weighted by Crippen LogP contribution is -2.41. The Hall–Kier alpha value is -3.86. The summed E-state index contributed by atoms with van der Waals surface area (Å²) in [6, 6.07) is 13.6. The molecule has 0 saturated heterocycles. The van der Waals surface area contributed by atoms with Crippen LogP contribution in [0.5, 0.6) is 5.75 Å². The van der Waals surface area contributed by atoms with Crippen LogP contribution in [0, 0.1) is 0 Å². The largest absolute Gasteiger partial charge is 0.504 e. The van der Waals surface area contributed by atoms with Gasteiger partial charge in [-0.3, -0.25) is 24.7 Å². The normalized spacial score (nSPS) is 13.0. The second-order valence-corrected chi connectivity index (χ2v) is 8.89. The Balaban J connectivity index is 1.44. The van der Waals surface area contributed by atoms with Crippen LogP contribution >= 0.6 is 0 Å². The molecule has 2 aromatic carbocycles. The Kier molecular flexibility index (Phi) is 5.11. The second-order valence-electron chi connectivity index (χ2n) is 6.98. The molecule has 10 nitrogen and oxygen atoms in total. The van der Waals surface area contributed by atoms with E-state index in [0.717, 1.165) is 11.8 Å². The maximum atomic E-state index is 12.4. The highest BCUT2D eigenvalue weighted by atomic mass is 32.2. The van der Waals surface area contributed by atoms with Crippen molar-refractivity contribution < 1.29 is 23.1 Å². The number of fused-ring (bicyclic) bond motifs is 1. The molecular weight excluding hydrogens is 422 g/mol. The van der Waals surface area contributed by atoms with Gasteiger partial charge in [0.05, 0.1) is 23.8 Å². The number of sulfonamides is 1. The van der Waals surface area contributed by atoms with Crippen molar-refractivity contribution in [3.63, 3.8) is 0 Å². The molecule has 11 heteroatoms. The monoisotopic (exact) mass is 441 g/mol. The van der Waals surface area contributed by atoms with Crippen LogP contribution < -0.4 is 15.2 Å². The van der Waals surface area contributed by atoms with E-state index >= 15 is 0 Å². The van der Waals surface area contributed by atoms with E-state index in [1.54, 1.807) is 36.4 Å². The number of anilines is 1. The summed E-state index contributed by atoms with van der Waals surface area (Å²) in [5.74, 6) is -1.71. The van der Waals surface area contributed by atoms with Crippen LogP contribution in [0.3, 0.4) is 0 Å². The fourth-order valence-corrected chi connectivity index (χ4v) is 4.30. The van der Waals surface area contributed by atoms with Crippen LogP contribution in [0.25, 0.3) is 5.69 Å². The number of rotatable bonds is 4. The summed E-state index contributed by atoms with van der Waals surface area (Å²) in [6.45, 7) is 0.319. The number of benzene rings is 2. The third kappa shape index (κ3) is 4.08. The number of aromatic nitrogens is 2. The van der Waals surface area contributed by atoms with Crippen LogP contribution in [0.4, 0.5) is 5.69 Å². The van der Waals surface area contributed by atoms with Crippen molar-refractivity contribution in [2.45, 2.75) is 6.42 Å². The first kappa shape index (κ1) is 20.4. The van der Waals surface area contributed by atoms with Crippen molar-refractivity contribution in [1.82, 2.24) is 20.6 Å². The molecule has 0 bridgehead atoms. The minimum absolute atomic E-state index is 0.248. The zero-order chi connectivity index (χ0) is 22.2. The van der Waals surface area contributed by atoms with E-state index in [4.69, 9.17) is 0 Å². The lowest BCUT2D eigenvalue weighted by Gasteiger charge is -2.16. The van der Waals surface area contributed by atoms with E-state index < -0.39 is 21.8 Å². The summed E-state index contributed by atoms with van der Waals surface area (Å²) in [6.07, 6.45) is 2.91. The summed E-state index contributed by atoms with van der Waals surface area (Å²) in [4.78, 5) is 24.8. The van der Waals surface area contributed by atoms with E-state index in [9.17, 15) is 23.1 Å². The Morgan fingerprint density at radius 2 is 1.77 bits per heavy atom. The van der Waals surface area contributed by atoms with Crippen molar-refractivity contribution in [2.24, 2.45) is 0 Å². The summed E-state index contributed by atoms with van der Waals surface area (Å²) >= 11 is 0. The highest BCUT2D eigenvalue weighted by Gasteiger charge is 2.27. The summed E-state index contributed by atoms with van der Waals surface area (Å²) < 4.78 is 26.3. The Bertz CT molecular complexity index is 1270. The Morgan fingerprint density at radius 1 is 1.06 bits per heavy atom. The number of amides is 2. The molecule has 0 spiro atoms. The van der Waals surface area contributed by atoms with Crippen molar-refractivity contribution in [3.8, 4) is 11.4 Å². The standard InChI is InChI=1S/C20H19N5O5S/c1-31(29,30)25-10-9-13-11-14(7-8-16(13)25)19(27)21-22-20(28)18-17(26)12-24(23-18)15-5-3-2-4-6-15/h2-8,11-12,26H,9-10H2,1H3,(H,21,27)(H,22,28). The van der Waals surface area contributed by atoms with Crippen molar-refractivity contribution in [1.29, 1.82) is 0 Å². The topological polar surface area (TPSA) is 134 Å². The number of hydrogen-bond donors (Lipinski definition) is 3. The summed E-state index contributed by atoms with van der Waals surface area (Å²) in [5.41, 5.74) is 6.43. The molecule has 0 saturated carbocycles. The third-order valence-electron chi connectivity index (χ3n) is 4.82. The van der Waals surface area contributed by atoms with Gasteiger partial charge in [0.15, 0.2) is 11.4 Å². The van der Waals surface area contributed by atoms with Crippen LogP contribution in [0.2, 0.25) is 0 Å². The van der Waals surface area contributed by atoms with Crippen LogP contribution in [0.1, 0.15) is 26.4 Å². The minimum Gasteiger partial charge on any atom is -0.504 e. The highest BCUT2D eigenvalue weighted by Crippen LogP contribution is 2.30. The van der Waals surface area contributed by atoms with E-state index in [-0.39, 0.29) is 17.0 Å². The molecule has 4 rings (SSSR count). The van der Waals surface area contributed by atoms with Gasteiger partial charge in [0, 0.05) is 12.1 Å². The molecule has 31 heavy (non-hydrogen) atoms. The van der Waals surface area contributed by atoms with Gasteiger partial charge < -0.3 is 5.11 Å².